The minimum Gasteiger partial charge on any atom is -0.480 e. The van der Waals surface area contributed by atoms with Crippen molar-refractivity contribution in [3.63, 3.8) is 0 Å². The number of carboxylic acids is 1. The Balaban J connectivity index is 1.30. The molecule has 0 radical (unpaired) electrons. The summed E-state index contributed by atoms with van der Waals surface area (Å²) >= 11 is 0. The third-order valence-electron chi connectivity index (χ3n) is 6.27. The Morgan fingerprint density at radius 1 is 1.09 bits per heavy atom. The van der Waals surface area contributed by atoms with Crippen LogP contribution in [0.1, 0.15) is 23.5 Å². The highest BCUT2D eigenvalue weighted by Gasteiger charge is 2.36. The third kappa shape index (κ3) is 5.05. The Morgan fingerprint density at radius 3 is 2.35 bits per heavy atom. The number of rotatable bonds is 9. The summed E-state index contributed by atoms with van der Waals surface area (Å²) in [5.41, 5.74) is 4.55. The van der Waals surface area contributed by atoms with Gasteiger partial charge in [-0.1, -0.05) is 48.5 Å². The number of aliphatic carboxylic acids is 1. The van der Waals surface area contributed by atoms with E-state index < -0.39 is 30.1 Å². The number of alkyl carbamates (subject to hydrolysis) is 1. The summed E-state index contributed by atoms with van der Waals surface area (Å²) in [5.74, 6) is -2.07. The number of amides is 2. The fraction of sp³-hybridized carbons (Fsp3) is 0.400. The van der Waals surface area contributed by atoms with Gasteiger partial charge in [0.2, 0.25) is 5.91 Å². The van der Waals surface area contributed by atoms with Crippen molar-refractivity contribution in [1.82, 2.24) is 10.6 Å². The zero-order valence-corrected chi connectivity index (χ0v) is 18.9. The fourth-order valence-corrected chi connectivity index (χ4v) is 4.59. The van der Waals surface area contributed by atoms with Crippen molar-refractivity contribution in [3.05, 3.63) is 59.7 Å². The average molecular weight is 469 g/mol. The first-order valence-electron chi connectivity index (χ1n) is 11.2. The molecule has 2 aliphatic rings. The van der Waals surface area contributed by atoms with Crippen molar-refractivity contribution in [2.45, 2.75) is 24.5 Å². The predicted molar refractivity (Wildman–Crippen MR) is 122 cm³/mol. The smallest absolute Gasteiger partial charge is 0.407 e. The van der Waals surface area contributed by atoms with E-state index in [1.807, 2.05) is 36.4 Å². The number of hydrogen-bond acceptors (Lipinski definition) is 6. The maximum absolute atomic E-state index is 12.5. The number of fused-ring (bicyclic) bond motifs is 3. The van der Waals surface area contributed by atoms with Crippen LogP contribution < -0.4 is 10.6 Å². The second kappa shape index (κ2) is 10.7. The van der Waals surface area contributed by atoms with Crippen LogP contribution in [0.15, 0.2) is 48.5 Å². The van der Waals surface area contributed by atoms with E-state index >= 15 is 0 Å². The molecule has 0 spiro atoms. The molecule has 2 amide bonds. The van der Waals surface area contributed by atoms with Crippen LogP contribution in [-0.4, -0.2) is 68.7 Å². The second-order valence-electron chi connectivity index (χ2n) is 8.40. The molecule has 0 saturated carbocycles. The molecular weight excluding hydrogens is 440 g/mol. The van der Waals surface area contributed by atoms with Gasteiger partial charge in [0, 0.05) is 32.1 Å². The lowest BCUT2D eigenvalue weighted by Crippen LogP contribution is -2.50. The Labute approximate surface area is 197 Å². The van der Waals surface area contributed by atoms with E-state index in [1.165, 1.54) is 7.11 Å². The average Bonchev–Trinajstić information content (AvgIpc) is 3.44. The maximum Gasteiger partial charge on any atom is 0.407 e. The number of carbonyl (C=O) groups is 3. The summed E-state index contributed by atoms with van der Waals surface area (Å²) in [4.78, 5) is 36.2. The quantitative estimate of drug-likeness (QED) is 0.515. The lowest BCUT2D eigenvalue weighted by molar-refractivity contribution is -0.145. The summed E-state index contributed by atoms with van der Waals surface area (Å²) in [7, 11) is 1.36. The molecule has 9 heteroatoms. The van der Waals surface area contributed by atoms with Crippen molar-refractivity contribution in [2.24, 2.45) is 5.92 Å². The van der Waals surface area contributed by atoms with Crippen LogP contribution in [0.5, 0.6) is 0 Å². The van der Waals surface area contributed by atoms with Crippen LogP contribution in [0.4, 0.5) is 4.79 Å². The molecule has 180 valence electrons. The van der Waals surface area contributed by atoms with Gasteiger partial charge in [-0.2, -0.15) is 0 Å². The molecule has 2 aromatic carbocycles. The lowest BCUT2D eigenvalue weighted by Gasteiger charge is -2.21. The zero-order valence-electron chi connectivity index (χ0n) is 18.9. The molecule has 1 fully saturated rings. The summed E-state index contributed by atoms with van der Waals surface area (Å²) in [6.45, 7) is 0.562. The van der Waals surface area contributed by atoms with Crippen molar-refractivity contribution in [3.8, 4) is 11.1 Å². The molecule has 1 aliphatic carbocycles. The van der Waals surface area contributed by atoms with E-state index in [0.717, 1.165) is 22.3 Å². The van der Waals surface area contributed by atoms with Crippen molar-refractivity contribution in [2.75, 3.05) is 33.5 Å². The first-order valence-corrected chi connectivity index (χ1v) is 11.2. The van der Waals surface area contributed by atoms with Gasteiger partial charge < -0.3 is 30.0 Å². The van der Waals surface area contributed by atoms with Gasteiger partial charge in [0.05, 0.1) is 6.61 Å². The van der Waals surface area contributed by atoms with E-state index in [-0.39, 0.29) is 31.6 Å². The summed E-state index contributed by atoms with van der Waals surface area (Å²) in [5, 5.41) is 14.3. The largest absolute Gasteiger partial charge is 0.480 e. The topological polar surface area (TPSA) is 123 Å². The van der Waals surface area contributed by atoms with Gasteiger partial charge in [-0.05, 0) is 28.7 Å². The van der Waals surface area contributed by atoms with E-state index in [4.69, 9.17) is 14.2 Å². The summed E-state index contributed by atoms with van der Waals surface area (Å²) < 4.78 is 15.9. The minimum atomic E-state index is -1.19. The van der Waals surface area contributed by atoms with E-state index in [2.05, 4.69) is 22.8 Å². The van der Waals surface area contributed by atoms with Crippen LogP contribution in [0.2, 0.25) is 0 Å². The number of benzene rings is 2. The lowest BCUT2D eigenvalue weighted by atomic mass is 9.98. The highest BCUT2D eigenvalue weighted by Crippen LogP contribution is 2.44. The Bertz CT molecular complexity index is 1010. The molecule has 3 atom stereocenters. The molecule has 1 heterocycles. The molecule has 34 heavy (non-hydrogen) atoms. The fourth-order valence-electron chi connectivity index (χ4n) is 4.59. The van der Waals surface area contributed by atoms with Gasteiger partial charge in [-0.3, -0.25) is 4.79 Å². The normalized spacial score (nSPS) is 19.7. The molecule has 0 aromatic heterocycles. The first-order chi connectivity index (χ1) is 16.5. The Kier molecular flexibility index (Phi) is 7.44. The number of ether oxygens (including phenoxy) is 3. The van der Waals surface area contributed by atoms with E-state index in [1.54, 1.807) is 0 Å². The van der Waals surface area contributed by atoms with Gasteiger partial charge in [0.1, 0.15) is 12.7 Å². The van der Waals surface area contributed by atoms with Crippen molar-refractivity contribution < 1.29 is 33.7 Å². The second-order valence-corrected chi connectivity index (χ2v) is 8.40. The highest BCUT2D eigenvalue weighted by atomic mass is 16.5. The molecule has 2 aromatic rings. The molecule has 1 aliphatic heterocycles. The van der Waals surface area contributed by atoms with Crippen LogP contribution in [0.3, 0.4) is 0 Å². The number of hydrogen-bond donors (Lipinski definition) is 3. The number of carbonyl (C=O) groups excluding carboxylic acids is 2. The van der Waals surface area contributed by atoms with Gasteiger partial charge in [-0.25, -0.2) is 9.59 Å². The summed E-state index contributed by atoms with van der Waals surface area (Å²) in [6, 6.07) is 15.0. The molecule has 0 unspecified atom stereocenters. The molecule has 4 rings (SSSR count). The number of nitrogens with one attached hydrogen (secondary N) is 2. The van der Waals surface area contributed by atoms with Crippen LogP contribution in [0, 0.1) is 5.92 Å². The van der Waals surface area contributed by atoms with Gasteiger partial charge in [0.25, 0.3) is 0 Å². The monoisotopic (exact) mass is 468 g/mol. The number of methoxy groups -OCH3 is 1. The number of carboxylic acid groups (broad SMARTS) is 1. The van der Waals surface area contributed by atoms with Gasteiger partial charge in [-0.15, -0.1) is 0 Å². The zero-order chi connectivity index (χ0) is 24.1. The van der Waals surface area contributed by atoms with Crippen molar-refractivity contribution in [1.29, 1.82) is 0 Å². The van der Waals surface area contributed by atoms with Crippen LogP contribution >= 0.6 is 0 Å². The molecule has 1 saturated heterocycles. The van der Waals surface area contributed by atoms with Crippen molar-refractivity contribution >= 4 is 18.0 Å². The predicted octanol–water partition coefficient (Wildman–Crippen LogP) is 2.15. The Hall–Kier alpha value is -3.43. The molecule has 9 nitrogen and oxygen atoms in total. The third-order valence-corrected chi connectivity index (χ3v) is 6.27. The Morgan fingerprint density at radius 2 is 1.74 bits per heavy atom. The minimum absolute atomic E-state index is 0.0415. The molecular formula is C25H28N2O7. The standard InChI is InChI=1S/C25H28N2O7/c1-32-14-21(24(29)30)27-23(28)22-15(10-11-33-22)12-26-25(31)34-13-20-18-8-4-2-6-16(18)17-7-3-5-9-19(17)20/h2-9,15,20-22H,10-14H2,1H3,(H,26,31)(H,27,28)(H,29,30)/t15-,21-,22-/m0/s1. The van der Waals surface area contributed by atoms with E-state index in [0.29, 0.717) is 13.0 Å². The molecule has 0 bridgehead atoms. The molecule has 3 N–H and O–H groups in total. The SMILES string of the molecule is COC[C@H](NC(=O)[C@H]1OCC[C@H]1CNC(=O)OCC1c2ccccc2-c2ccccc21)C(=O)O. The first kappa shape index (κ1) is 23.7. The van der Waals surface area contributed by atoms with E-state index in [9.17, 15) is 19.5 Å². The van der Waals surface area contributed by atoms with Crippen LogP contribution in [0.25, 0.3) is 11.1 Å². The maximum atomic E-state index is 12.5. The summed E-state index contributed by atoms with van der Waals surface area (Å²) in [6.07, 6.45) is -0.868. The van der Waals surface area contributed by atoms with Crippen LogP contribution in [-0.2, 0) is 23.8 Å². The highest BCUT2D eigenvalue weighted by molar-refractivity contribution is 5.87. The van der Waals surface area contributed by atoms with Gasteiger partial charge >= 0.3 is 12.1 Å². The van der Waals surface area contributed by atoms with Gasteiger partial charge in [0.15, 0.2) is 6.04 Å².